The van der Waals surface area contributed by atoms with Crippen LogP contribution in [0.25, 0.3) is 0 Å². The van der Waals surface area contributed by atoms with E-state index in [9.17, 15) is 31.2 Å². The molecule has 0 aromatic heterocycles. The number of carbonyl (C=O) groups excluding carboxylic acids is 2. The van der Waals surface area contributed by atoms with Crippen LogP contribution < -0.4 is 0 Å². The number of benzene rings is 2. The van der Waals surface area contributed by atoms with Crippen LogP contribution in [0.1, 0.15) is 28.4 Å². The van der Waals surface area contributed by atoms with Crippen LogP contribution in [0, 0.1) is 0 Å². The molecule has 0 unspecified atom stereocenters. The first-order chi connectivity index (χ1) is 13.4. The van der Waals surface area contributed by atoms with Crippen LogP contribution in [0.5, 0.6) is 0 Å². The number of hydrogen-bond acceptors (Lipinski definition) is 5. The van der Waals surface area contributed by atoms with E-state index in [0.717, 1.165) is 16.4 Å². The molecule has 0 aliphatic heterocycles. The number of hydrogen-bond donors (Lipinski definition) is 0. The maximum atomic E-state index is 12.7. The molecule has 6 nitrogen and oxygen atoms in total. The molecule has 10 heteroatoms. The number of sulfonamides is 1. The van der Waals surface area contributed by atoms with Gasteiger partial charge in [0, 0.05) is 12.6 Å². The van der Waals surface area contributed by atoms with Crippen LogP contribution in [-0.4, -0.2) is 38.1 Å². The molecule has 0 fully saturated rings. The number of esters is 1. The van der Waals surface area contributed by atoms with Crippen molar-refractivity contribution >= 4 is 21.8 Å². The number of likely N-dealkylation sites (N-methyl/N-ethyl adjacent to an activating group) is 1. The molecular formula is C19H18F3NO5S. The topological polar surface area (TPSA) is 80.8 Å². The van der Waals surface area contributed by atoms with Crippen LogP contribution in [0.3, 0.4) is 0 Å². The SMILES string of the molecule is CC(=O)c1ccc(S(=O)(=O)N(C)CC(=O)OCc2cccc(C(F)(F)F)c2)cc1. The Hall–Kier alpha value is -2.72. The molecule has 0 heterocycles. The summed E-state index contributed by atoms with van der Waals surface area (Å²) in [5.41, 5.74) is -0.412. The van der Waals surface area contributed by atoms with Crippen molar-refractivity contribution in [1.82, 2.24) is 4.31 Å². The lowest BCUT2D eigenvalue weighted by Gasteiger charge is -2.17. The molecule has 29 heavy (non-hydrogen) atoms. The normalized spacial score (nSPS) is 12.1. The summed E-state index contributed by atoms with van der Waals surface area (Å²) < 4.78 is 68.7. The molecule has 0 saturated heterocycles. The van der Waals surface area contributed by atoms with Gasteiger partial charge in [-0.25, -0.2) is 8.42 Å². The number of Topliss-reactive ketones (excluding diaryl/α,β-unsaturated/α-hetero) is 1. The van der Waals surface area contributed by atoms with E-state index in [0.29, 0.717) is 5.56 Å². The van der Waals surface area contributed by atoms with E-state index in [2.05, 4.69) is 0 Å². The van der Waals surface area contributed by atoms with Gasteiger partial charge in [0.15, 0.2) is 5.78 Å². The fourth-order valence-electron chi connectivity index (χ4n) is 2.36. The van der Waals surface area contributed by atoms with Gasteiger partial charge in [0.1, 0.15) is 13.2 Å². The summed E-state index contributed by atoms with van der Waals surface area (Å²) in [7, 11) is -2.85. The van der Waals surface area contributed by atoms with E-state index in [1.54, 1.807) is 0 Å². The molecule has 2 aromatic carbocycles. The molecule has 0 atom stereocenters. The van der Waals surface area contributed by atoms with Gasteiger partial charge in [-0.3, -0.25) is 9.59 Å². The van der Waals surface area contributed by atoms with Gasteiger partial charge >= 0.3 is 12.1 Å². The molecule has 0 spiro atoms. The van der Waals surface area contributed by atoms with Crippen molar-refractivity contribution in [2.45, 2.75) is 24.6 Å². The zero-order valence-corrected chi connectivity index (χ0v) is 16.4. The lowest BCUT2D eigenvalue weighted by Crippen LogP contribution is -2.33. The minimum Gasteiger partial charge on any atom is -0.460 e. The Balaban J connectivity index is 2.00. The van der Waals surface area contributed by atoms with Crippen molar-refractivity contribution in [3.05, 3.63) is 65.2 Å². The Kier molecular flexibility index (Phi) is 6.81. The van der Waals surface area contributed by atoms with Crippen LogP contribution in [0.2, 0.25) is 0 Å². The van der Waals surface area contributed by atoms with E-state index >= 15 is 0 Å². The van der Waals surface area contributed by atoms with Gasteiger partial charge in [0.2, 0.25) is 10.0 Å². The first-order valence-corrected chi connectivity index (χ1v) is 9.74. The molecule has 0 aliphatic carbocycles. The Morgan fingerprint density at radius 3 is 2.24 bits per heavy atom. The maximum Gasteiger partial charge on any atom is 0.416 e. The monoisotopic (exact) mass is 429 g/mol. The quantitative estimate of drug-likeness (QED) is 0.499. The molecule has 2 rings (SSSR count). The molecule has 0 bridgehead atoms. The smallest absolute Gasteiger partial charge is 0.416 e. The minimum absolute atomic E-state index is 0.115. The van der Waals surface area contributed by atoms with Crippen molar-refractivity contribution in [1.29, 1.82) is 0 Å². The van der Waals surface area contributed by atoms with Crippen molar-refractivity contribution in [3.63, 3.8) is 0 Å². The van der Waals surface area contributed by atoms with Crippen molar-refractivity contribution < 1.29 is 35.9 Å². The lowest BCUT2D eigenvalue weighted by atomic mass is 10.1. The largest absolute Gasteiger partial charge is 0.460 e. The zero-order chi connectivity index (χ0) is 21.8. The third-order valence-corrected chi connectivity index (χ3v) is 5.79. The van der Waals surface area contributed by atoms with Gasteiger partial charge in [-0.1, -0.05) is 24.3 Å². The highest BCUT2D eigenvalue weighted by Gasteiger charge is 2.30. The summed E-state index contributed by atoms with van der Waals surface area (Å²) in [6.07, 6.45) is -4.52. The van der Waals surface area contributed by atoms with Crippen molar-refractivity contribution in [3.8, 4) is 0 Å². The number of nitrogens with zero attached hydrogens (tertiary/aromatic N) is 1. The maximum absolute atomic E-state index is 12.7. The second-order valence-corrected chi connectivity index (χ2v) is 8.25. The molecular weight excluding hydrogens is 411 g/mol. The van der Waals surface area contributed by atoms with E-state index in [1.165, 1.54) is 50.4 Å². The van der Waals surface area contributed by atoms with E-state index in [1.807, 2.05) is 0 Å². The number of halogens is 3. The standard InChI is InChI=1S/C19H18F3NO5S/c1-13(24)15-6-8-17(9-7-15)29(26,27)23(2)11-18(25)28-12-14-4-3-5-16(10-14)19(20,21)22/h3-10H,11-12H2,1-2H3. The highest BCUT2D eigenvalue weighted by molar-refractivity contribution is 7.89. The number of rotatable bonds is 7. The number of alkyl halides is 3. The molecule has 2 aromatic rings. The second kappa shape index (κ2) is 8.75. The molecule has 0 amide bonds. The summed E-state index contributed by atoms with van der Waals surface area (Å²) in [5.74, 6) is -1.14. The summed E-state index contributed by atoms with van der Waals surface area (Å²) in [6, 6.07) is 9.50. The van der Waals surface area contributed by atoms with E-state index in [-0.39, 0.29) is 16.2 Å². The Bertz CT molecular complexity index is 1000. The predicted octanol–water partition coefficient (Wildman–Crippen LogP) is 3.27. The summed E-state index contributed by atoms with van der Waals surface area (Å²) >= 11 is 0. The van der Waals surface area contributed by atoms with Crippen LogP contribution >= 0.6 is 0 Å². The molecule has 0 saturated carbocycles. The van der Waals surface area contributed by atoms with Gasteiger partial charge in [-0.2, -0.15) is 17.5 Å². The summed E-state index contributed by atoms with van der Waals surface area (Å²) in [4.78, 5) is 23.1. The first-order valence-electron chi connectivity index (χ1n) is 8.30. The molecule has 0 radical (unpaired) electrons. The summed E-state index contributed by atoms with van der Waals surface area (Å²) in [6.45, 7) is 0.287. The van der Waals surface area contributed by atoms with E-state index < -0.39 is 40.9 Å². The van der Waals surface area contributed by atoms with Gasteiger partial charge in [0.25, 0.3) is 0 Å². The highest BCUT2D eigenvalue weighted by Crippen LogP contribution is 2.29. The lowest BCUT2D eigenvalue weighted by molar-refractivity contribution is -0.144. The zero-order valence-electron chi connectivity index (χ0n) is 15.6. The van der Waals surface area contributed by atoms with Crippen LogP contribution in [0.15, 0.2) is 53.4 Å². The van der Waals surface area contributed by atoms with Gasteiger partial charge in [-0.05, 0) is 36.8 Å². The Labute approximate surface area is 165 Å². The average molecular weight is 429 g/mol. The molecule has 0 aliphatic rings. The van der Waals surface area contributed by atoms with Crippen molar-refractivity contribution in [2.24, 2.45) is 0 Å². The van der Waals surface area contributed by atoms with Crippen LogP contribution in [-0.2, 0) is 32.3 Å². The third kappa shape index (κ3) is 5.88. The van der Waals surface area contributed by atoms with E-state index in [4.69, 9.17) is 4.74 Å². The number of carbonyl (C=O) groups is 2. The van der Waals surface area contributed by atoms with Crippen LogP contribution in [0.4, 0.5) is 13.2 Å². The molecule has 156 valence electrons. The Morgan fingerprint density at radius 1 is 1.07 bits per heavy atom. The van der Waals surface area contributed by atoms with Gasteiger partial charge in [-0.15, -0.1) is 0 Å². The second-order valence-electron chi connectivity index (χ2n) is 6.20. The number of ether oxygens (including phenoxy) is 1. The third-order valence-electron chi connectivity index (χ3n) is 3.97. The van der Waals surface area contributed by atoms with Gasteiger partial charge in [0.05, 0.1) is 10.5 Å². The predicted molar refractivity (Wildman–Crippen MR) is 97.5 cm³/mol. The average Bonchev–Trinajstić information content (AvgIpc) is 2.66. The first kappa shape index (κ1) is 22.6. The number of ketones is 1. The summed E-state index contributed by atoms with van der Waals surface area (Å²) in [5, 5.41) is 0. The molecule has 0 N–H and O–H groups in total. The fourth-order valence-corrected chi connectivity index (χ4v) is 3.47. The van der Waals surface area contributed by atoms with Gasteiger partial charge < -0.3 is 4.74 Å². The Morgan fingerprint density at radius 2 is 1.69 bits per heavy atom. The van der Waals surface area contributed by atoms with Crippen molar-refractivity contribution in [2.75, 3.05) is 13.6 Å². The fraction of sp³-hybridized carbons (Fsp3) is 0.263. The minimum atomic E-state index is -4.52. The highest BCUT2D eigenvalue weighted by atomic mass is 32.2.